The fourth-order valence-electron chi connectivity index (χ4n) is 3.67. The lowest BCUT2D eigenvalue weighted by molar-refractivity contribution is -0.274. The van der Waals surface area contributed by atoms with E-state index < -0.39 is 11.9 Å². The molecular formula is C21H26F3N5O. The second kappa shape index (κ2) is 8.91. The Hall–Kier alpha value is -2.81. The number of halogens is 3. The number of rotatable bonds is 4. The van der Waals surface area contributed by atoms with Crippen molar-refractivity contribution < 1.29 is 17.9 Å². The number of fused-ring (bicyclic) bond motifs is 1. The molecule has 0 saturated carbocycles. The average Bonchev–Trinajstić information content (AvgIpc) is 3.20. The summed E-state index contributed by atoms with van der Waals surface area (Å²) in [4.78, 5) is 13.9. The Balaban J connectivity index is 0.00000124. The van der Waals surface area contributed by atoms with Crippen molar-refractivity contribution in [3.8, 4) is 5.75 Å². The van der Waals surface area contributed by atoms with E-state index in [1.54, 1.807) is 18.5 Å². The summed E-state index contributed by atoms with van der Waals surface area (Å²) in [6.07, 6.45) is 0.800. The number of aromatic nitrogens is 3. The van der Waals surface area contributed by atoms with Crippen molar-refractivity contribution in [1.29, 1.82) is 0 Å². The first-order chi connectivity index (χ1) is 14.3. The molecule has 3 heterocycles. The molecule has 1 aliphatic rings. The first-order valence-electron chi connectivity index (χ1n) is 9.98. The molecule has 2 aromatic heterocycles. The summed E-state index contributed by atoms with van der Waals surface area (Å²) >= 11 is 0. The van der Waals surface area contributed by atoms with Gasteiger partial charge in [-0.25, -0.2) is 9.97 Å². The number of benzene rings is 1. The Kier molecular flexibility index (Phi) is 6.50. The summed E-state index contributed by atoms with van der Waals surface area (Å²) in [6, 6.07) is 7.88. The molecule has 1 fully saturated rings. The predicted octanol–water partition coefficient (Wildman–Crippen LogP) is 4.42. The van der Waals surface area contributed by atoms with E-state index in [1.807, 2.05) is 26.1 Å². The normalized spacial score (nSPS) is 16.1. The van der Waals surface area contributed by atoms with Gasteiger partial charge in [0.2, 0.25) is 0 Å². The summed E-state index contributed by atoms with van der Waals surface area (Å²) < 4.78 is 40.7. The molecule has 0 amide bonds. The number of nitrogens with two attached hydrogens (primary N) is 1. The first-order valence-corrected chi connectivity index (χ1v) is 9.98. The lowest BCUT2D eigenvalue weighted by atomic mass is 9.83. The highest BCUT2D eigenvalue weighted by Crippen LogP contribution is 2.30. The minimum absolute atomic E-state index is 0.226. The van der Waals surface area contributed by atoms with Crippen LogP contribution in [0.3, 0.4) is 0 Å². The number of nitrogens with one attached hydrogen (secondary N) is 1. The van der Waals surface area contributed by atoms with Crippen LogP contribution in [0.1, 0.15) is 32.3 Å². The van der Waals surface area contributed by atoms with Gasteiger partial charge in [-0.1, -0.05) is 26.0 Å². The number of hydrogen-bond donors (Lipinski definition) is 2. The van der Waals surface area contributed by atoms with Crippen LogP contribution in [-0.4, -0.2) is 39.9 Å². The Morgan fingerprint density at radius 2 is 1.77 bits per heavy atom. The molecule has 3 N–H and O–H groups in total. The third-order valence-electron chi connectivity index (χ3n) is 5.10. The number of alkyl halides is 3. The minimum Gasteiger partial charge on any atom is -0.406 e. The summed E-state index contributed by atoms with van der Waals surface area (Å²) in [5.74, 6) is 0.665. The summed E-state index contributed by atoms with van der Waals surface area (Å²) in [7, 11) is 0. The SMILES string of the molecule is CC.NC1(Cc2ccc(OC(F)(F)F)cc2)CCN(c2ncnc3[nH]ccc23)CC1. The molecule has 1 aliphatic heterocycles. The molecule has 162 valence electrons. The third kappa shape index (κ3) is 5.21. The first kappa shape index (κ1) is 21.9. The summed E-state index contributed by atoms with van der Waals surface area (Å²) in [5, 5.41) is 0.979. The molecule has 3 aromatic rings. The van der Waals surface area contributed by atoms with Gasteiger partial charge in [-0.15, -0.1) is 13.2 Å². The third-order valence-corrected chi connectivity index (χ3v) is 5.10. The molecular weight excluding hydrogens is 395 g/mol. The largest absolute Gasteiger partial charge is 0.573 e. The Labute approximate surface area is 173 Å². The van der Waals surface area contributed by atoms with Crippen LogP contribution in [0.15, 0.2) is 42.9 Å². The molecule has 30 heavy (non-hydrogen) atoms. The number of hydrogen-bond acceptors (Lipinski definition) is 5. The van der Waals surface area contributed by atoms with Gasteiger partial charge < -0.3 is 20.4 Å². The van der Waals surface area contributed by atoms with E-state index in [0.29, 0.717) is 6.42 Å². The fraction of sp³-hybridized carbons (Fsp3) is 0.429. The Bertz CT molecular complexity index is 947. The number of ether oxygens (including phenoxy) is 1. The van der Waals surface area contributed by atoms with E-state index in [9.17, 15) is 13.2 Å². The highest BCUT2D eigenvalue weighted by atomic mass is 19.4. The van der Waals surface area contributed by atoms with Crippen molar-refractivity contribution in [3.63, 3.8) is 0 Å². The number of aromatic amines is 1. The Morgan fingerprint density at radius 3 is 2.40 bits per heavy atom. The van der Waals surface area contributed by atoms with Crippen molar-refractivity contribution in [2.45, 2.75) is 45.0 Å². The molecule has 1 aromatic carbocycles. The molecule has 0 aliphatic carbocycles. The number of piperidine rings is 1. The molecule has 6 nitrogen and oxygen atoms in total. The average molecular weight is 421 g/mol. The van der Waals surface area contributed by atoms with Crippen LogP contribution < -0.4 is 15.4 Å². The van der Waals surface area contributed by atoms with E-state index in [1.165, 1.54) is 12.1 Å². The summed E-state index contributed by atoms with van der Waals surface area (Å²) in [5.41, 5.74) is 7.87. The second-order valence-electron chi connectivity index (χ2n) is 7.16. The maximum atomic E-state index is 12.3. The van der Waals surface area contributed by atoms with Crippen LogP contribution in [0.25, 0.3) is 11.0 Å². The fourth-order valence-corrected chi connectivity index (χ4v) is 3.67. The molecule has 0 spiro atoms. The van der Waals surface area contributed by atoms with Crippen LogP contribution in [0.2, 0.25) is 0 Å². The van der Waals surface area contributed by atoms with Gasteiger partial charge >= 0.3 is 6.36 Å². The molecule has 0 radical (unpaired) electrons. The van der Waals surface area contributed by atoms with Gasteiger partial charge in [0.05, 0.1) is 5.39 Å². The van der Waals surface area contributed by atoms with Gasteiger partial charge in [0.25, 0.3) is 0 Å². The van der Waals surface area contributed by atoms with Crippen LogP contribution in [0, 0.1) is 0 Å². The van der Waals surface area contributed by atoms with Gasteiger partial charge in [-0.2, -0.15) is 0 Å². The summed E-state index contributed by atoms with van der Waals surface area (Å²) in [6.45, 7) is 5.51. The lowest BCUT2D eigenvalue weighted by Gasteiger charge is -2.40. The maximum absolute atomic E-state index is 12.3. The molecule has 1 saturated heterocycles. The van der Waals surface area contributed by atoms with Gasteiger partial charge in [-0.3, -0.25) is 0 Å². The zero-order valence-corrected chi connectivity index (χ0v) is 17.0. The van der Waals surface area contributed by atoms with Crippen LogP contribution in [-0.2, 0) is 6.42 Å². The van der Waals surface area contributed by atoms with Crippen molar-refractivity contribution in [2.24, 2.45) is 5.73 Å². The van der Waals surface area contributed by atoms with Crippen molar-refractivity contribution in [3.05, 3.63) is 48.4 Å². The van der Waals surface area contributed by atoms with Crippen LogP contribution >= 0.6 is 0 Å². The zero-order chi connectivity index (χ0) is 21.8. The van der Waals surface area contributed by atoms with E-state index >= 15 is 0 Å². The standard InChI is InChI=1S/C19H20F3N5O.C2H6/c20-19(21,22)28-14-3-1-13(2-4-14)11-18(23)6-9-27(10-7-18)17-15-5-8-24-16(15)25-12-26-17;1-2/h1-5,8,12H,6-7,9-11,23H2,(H,24,25,26);1-2H3. The highest BCUT2D eigenvalue weighted by Gasteiger charge is 2.33. The topological polar surface area (TPSA) is 80.1 Å². The zero-order valence-electron chi connectivity index (χ0n) is 17.0. The predicted molar refractivity (Wildman–Crippen MR) is 110 cm³/mol. The van der Waals surface area contributed by atoms with Crippen LogP contribution in [0.5, 0.6) is 5.75 Å². The maximum Gasteiger partial charge on any atom is 0.573 e. The van der Waals surface area contributed by atoms with Crippen molar-refractivity contribution in [2.75, 3.05) is 18.0 Å². The molecule has 0 bridgehead atoms. The molecule has 0 unspecified atom stereocenters. The van der Waals surface area contributed by atoms with Gasteiger partial charge in [0, 0.05) is 24.8 Å². The van der Waals surface area contributed by atoms with Gasteiger partial charge in [0.15, 0.2) is 0 Å². The van der Waals surface area contributed by atoms with E-state index in [0.717, 1.165) is 48.3 Å². The van der Waals surface area contributed by atoms with Gasteiger partial charge in [0.1, 0.15) is 23.5 Å². The molecule has 9 heteroatoms. The number of anilines is 1. The monoisotopic (exact) mass is 421 g/mol. The van der Waals surface area contributed by atoms with Gasteiger partial charge in [-0.05, 0) is 43.0 Å². The van der Waals surface area contributed by atoms with Crippen molar-refractivity contribution in [1.82, 2.24) is 15.0 Å². The lowest BCUT2D eigenvalue weighted by Crippen LogP contribution is -2.52. The number of H-pyrrole nitrogens is 1. The van der Waals surface area contributed by atoms with Crippen molar-refractivity contribution >= 4 is 16.9 Å². The van der Waals surface area contributed by atoms with Crippen LogP contribution in [0.4, 0.5) is 19.0 Å². The van der Waals surface area contributed by atoms with E-state index in [-0.39, 0.29) is 5.75 Å². The quantitative estimate of drug-likeness (QED) is 0.652. The number of nitrogens with zero attached hydrogens (tertiary/aromatic N) is 3. The van der Waals surface area contributed by atoms with E-state index in [4.69, 9.17) is 5.73 Å². The van der Waals surface area contributed by atoms with E-state index in [2.05, 4.69) is 24.6 Å². The second-order valence-corrected chi connectivity index (χ2v) is 7.16. The Morgan fingerprint density at radius 1 is 1.10 bits per heavy atom. The minimum atomic E-state index is -4.69. The smallest absolute Gasteiger partial charge is 0.406 e. The highest BCUT2D eigenvalue weighted by molar-refractivity contribution is 5.87. The molecule has 0 atom stereocenters. The molecule has 4 rings (SSSR count).